The van der Waals surface area contributed by atoms with Gasteiger partial charge in [-0.2, -0.15) is 9.97 Å². The number of carbonyl (C=O) groups excluding carboxylic acids is 2. The molecule has 0 saturated heterocycles. The molecule has 12 nitrogen and oxygen atoms in total. The number of nitrogens with zero attached hydrogens (tertiary/aromatic N) is 4. The van der Waals surface area contributed by atoms with Gasteiger partial charge in [0.15, 0.2) is 17.0 Å². The Morgan fingerprint density at radius 2 is 1.65 bits per heavy atom. The van der Waals surface area contributed by atoms with E-state index in [0.717, 1.165) is 7.11 Å². The molecule has 0 bridgehead atoms. The van der Waals surface area contributed by atoms with Crippen molar-refractivity contribution in [2.24, 2.45) is 5.92 Å². The van der Waals surface area contributed by atoms with Gasteiger partial charge in [-0.3, -0.25) is 9.59 Å². The fourth-order valence-corrected chi connectivity index (χ4v) is 2.50. The molecule has 0 fully saturated rings. The highest BCUT2D eigenvalue weighted by atomic mass is 16.3. The van der Waals surface area contributed by atoms with E-state index in [1.807, 2.05) is 33.8 Å². The van der Waals surface area contributed by atoms with Gasteiger partial charge in [0.25, 0.3) is 12.4 Å². The summed E-state index contributed by atoms with van der Waals surface area (Å²) in [7, 11) is 1.00. The van der Waals surface area contributed by atoms with Crippen LogP contribution in [-0.2, 0) is 20.8 Å². The molecule has 0 spiro atoms. The van der Waals surface area contributed by atoms with Gasteiger partial charge in [-0.25, -0.2) is 9.97 Å². The zero-order valence-corrected chi connectivity index (χ0v) is 26.4. The van der Waals surface area contributed by atoms with Crippen molar-refractivity contribution in [3.8, 4) is 25.2 Å². The minimum atomic E-state index is -0.389. The first-order valence-corrected chi connectivity index (χ1v) is 13.4. The zero-order valence-electron chi connectivity index (χ0n) is 26.4. The molecule has 0 aromatic carbocycles. The molecule has 1 unspecified atom stereocenters. The molecule has 238 valence electrons. The van der Waals surface area contributed by atoms with Crippen molar-refractivity contribution in [2.45, 2.75) is 60.8 Å². The molecule has 0 aliphatic heterocycles. The molecule has 0 aliphatic rings. The number of aldehydes is 1. The van der Waals surface area contributed by atoms with Crippen molar-refractivity contribution in [3.05, 3.63) is 48.3 Å². The smallest absolute Gasteiger partial charge is 0.290 e. The molecule has 0 saturated carbocycles. The lowest BCUT2D eigenvalue weighted by molar-refractivity contribution is -0.123. The molecule has 1 atom stereocenters. The molecule has 43 heavy (non-hydrogen) atoms. The van der Waals surface area contributed by atoms with Crippen molar-refractivity contribution < 1.29 is 24.6 Å². The van der Waals surface area contributed by atoms with E-state index < -0.39 is 0 Å². The highest BCUT2D eigenvalue weighted by Crippen LogP contribution is 2.18. The minimum Gasteiger partial charge on any atom is -0.483 e. The van der Waals surface area contributed by atoms with Gasteiger partial charge in [0.1, 0.15) is 6.29 Å². The lowest BCUT2D eigenvalue weighted by atomic mass is 9.99. The first-order valence-electron chi connectivity index (χ1n) is 13.4. The molecular formula is C31H49N7O5. The Labute approximate surface area is 256 Å². The van der Waals surface area contributed by atoms with Crippen LogP contribution in [0.1, 0.15) is 60.1 Å². The van der Waals surface area contributed by atoms with E-state index in [1.54, 1.807) is 18.3 Å². The fraction of sp³-hybridized carbons (Fsp3) is 0.387. The third kappa shape index (κ3) is 24.4. The normalized spacial score (nSPS) is 9.56. The predicted molar refractivity (Wildman–Crippen MR) is 176 cm³/mol. The Morgan fingerprint density at radius 1 is 1.12 bits per heavy atom. The van der Waals surface area contributed by atoms with Crippen molar-refractivity contribution in [3.63, 3.8) is 0 Å². The van der Waals surface area contributed by atoms with Gasteiger partial charge in [-0.05, 0) is 18.4 Å². The largest absolute Gasteiger partial charge is 0.483 e. The number of fused-ring (bicyclic) bond motifs is 1. The monoisotopic (exact) mass is 599 g/mol. The summed E-state index contributed by atoms with van der Waals surface area (Å²) in [5.74, 6) is 2.37. The number of hydrogen-bond donors (Lipinski definition) is 5. The van der Waals surface area contributed by atoms with E-state index >= 15 is 0 Å². The van der Waals surface area contributed by atoms with E-state index in [0.29, 0.717) is 41.6 Å². The molecule has 2 aromatic rings. The van der Waals surface area contributed by atoms with Gasteiger partial charge in [-0.15, -0.1) is 25.2 Å². The first kappa shape index (κ1) is 47.7. The number of amides is 1. The minimum absolute atomic E-state index is 0.0344. The summed E-state index contributed by atoms with van der Waals surface area (Å²) in [6.45, 7) is 15.5. The third-order valence-electron chi connectivity index (χ3n) is 3.84. The number of nitrogens with one attached hydrogen (secondary N) is 1. The number of rotatable bonds is 9. The van der Waals surface area contributed by atoms with Gasteiger partial charge in [0.2, 0.25) is 5.95 Å². The summed E-state index contributed by atoms with van der Waals surface area (Å²) in [4.78, 5) is 47.2. The summed E-state index contributed by atoms with van der Waals surface area (Å²) < 4.78 is 0. The average molecular weight is 600 g/mol. The van der Waals surface area contributed by atoms with Crippen LogP contribution >= 0.6 is 0 Å². The first-order chi connectivity index (χ1) is 20.8. The topological polar surface area (TPSA) is 207 Å². The van der Waals surface area contributed by atoms with Crippen molar-refractivity contribution in [2.75, 3.05) is 25.1 Å². The number of aliphatic hydroxyl groups excluding tert-OH is 1. The lowest BCUT2D eigenvalue weighted by Gasteiger charge is -2.09. The van der Waals surface area contributed by atoms with Crippen LogP contribution in [0.25, 0.3) is 11.2 Å². The quantitative estimate of drug-likeness (QED) is 0.121. The molecule has 0 radical (unpaired) electrons. The highest BCUT2D eigenvalue weighted by Gasteiger charge is 2.11. The molecule has 2 heterocycles. The maximum atomic E-state index is 11.9. The van der Waals surface area contributed by atoms with Crippen LogP contribution in [0.5, 0.6) is 0 Å². The maximum Gasteiger partial charge on any atom is 0.290 e. The number of nitrogen functional groups attached to an aromatic ring is 2. The number of carbonyl (C=O) groups is 3. The highest BCUT2D eigenvalue weighted by molar-refractivity contribution is 5.97. The Bertz CT molecular complexity index is 1140. The number of nitrogens with two attached hydrogens (primary N) is 2. The van der Waals surface area contributed by atoms with Gasteiger partial charge in [0, 0.05) is 19.1 Å². The summed E-state index contributed by atoms with van der Waals surface area (Å²) in [6, 6.07) is 0. The van der Waals surface area contributed by atoms with Gasteiger partial charge >= 0.3 is 0 Å². The number of carboxylic acid groups (broad SMARTS) is 1. The van der Waals surface area contributed by atoms with E-state index in [2.05, 4.69) is 64.4 Å². The fourth-order valence-electron chi connectivity index (χ4n) is 2.50. The second-order valence-corrected chi connectivity index (χ2v) is 6.77. The SMILES string of the molecule is C#C.C#CCC(/C=C/C=C(\C=C)C(=O)NCC=O)Cc1cnc2nc(N)nc(N)c2n1.CC.CC.CCC.CO.O=CO. The van der Waals surface area contributed by atoms with Gasteiger partial charge in [0.05, 0.1) is 18.4 Å². The molecular weight excluding hydrogens is 550 g/mol. The van der Waals surface area contributed by atoms with Crippen LogP contribution < -0.4 is 16.8 Å². The van der Waals surface area contributed by atoms with E-state index in [1.165, 1.54) is 12.5 Å². The lowest BCUT2D eigenvalue weighted by Crippen LogP contribution is -2.25. The Kier molecular flexibility index (Phi) is 41.0. The van der Waals surface area contributed by atoms with E-state index in [9.17, 15) is 9.59 Å². The molecule has 0 aliphatic carbocycles. The summed E-state index contributed by atoms with van der Waals surface area (Å²) >= 11 is 0. The molecule has 2 rings (SSSR count). The van der Waals surface area contributed by atoms with Crippen molar-refractivity contribution >= 4 is 41.6 Å². The van der Waals surface area contributed by atoms with E-state index in [-0.39, 0.29) is 36.6 Å². The van der Waals surface area contributed by atoms with Gasteiger partial charge in [-0.1, -0.05) is 72.8 Å². The average Bonchev–Trinajstić information content (AvgIpc) is 3.03. The van der Waals surface area contributed by atoms with Crippen molar-refractivity contribution in [1.82, 2.24) is 25.3 Å². The third-order valence-corrected chi connectivity index (χ3v) is 3.84. The maximum absolute atomic E-state index is 11.9. The van der Waals surface area contributed by atoms with Crippen LogP contribution in [0, 0.1) is 31.1 Å². The second kappa shape index (κ2) is 36.9. The molecule has 2 aromatic heterocycles. The van der Waals surface area contributed by atoms with E-state index in [4.69, 9.17) is 32.9 Å². The number of anilines is 2. The van der Waals surface area contributed by atoms with Crippen LogP contribution in [0.15, 0.2) is 42.7 Å². The van der Waals surface area contributed by atoms with Crippen molar-refractivity contribution in [1.29, 1.82) is 0 Å². The summed E-state index contributed by atoms with van der Waals surface area (Å²) in [5.41, 5.74) is 13.1. The predicted octanol–water partition coefficient (Wildman–Crippen LogP) is 3.78. The van der Waals surface area contributed by atoms with Crippen LogP contribution in [0.3, 0.4) is 0 Å². The molecule has 7 N–H and O–H groups in total. The molecule has 12 heteroatoms. The van der Waals surface area contributed by atoms with Crippen LogP contribution in [0.2, 0.25) is 0 Å². The number of aliphatic hydroxyl groups is 1. The Hall–Kier alpha value is -5.07. The Morgan fingerprint density at radius 3 is 2.12 bits per heavy atom. The standard InChI is InChI=1S/C20H21N7O2.C3H8.2C2H6.C2H2.CH2O2.CH4O/c1-3-6-13(7-5-8-14(4-2)19(29)23-9-10-28)11-15-12-24-18-16(25-15)17(21)26-20(22)27-18;1-3-2;3*1-2;2-1-3;1-2/h1,4-5,7-8,10,12-13H,2,6,9,11H2,(H,23,29)(H4,21,22,24,26,27);3H2,1-2H3;2*1-2H3;1-2H;1H,(H,2,3);2H,1H3/b7-5+,14-8+;;;;;;. The Balaban J connectivity index is -0.000000296. The number of terminal acetylenes is 2. The molecule has 1 amide bonds. The number of allylic oxidation sites excluding steroid dienone is 3. The summed E-state index contributed by atoms with van der Waals surface area (Å²) in [6.07, 6.45) is 24.5. The number of hydrogen-bond acceptors (Lipinski definition) is 10. The van der Waals surface area contributed by atoms with Gasteiger partial charge < -0.3 is 31.8 Å². The van der Waals surface area contributed by atoms with Crippen LogP contribution in [-0.4, -0.2) is 62.5 Å². The summed E-state index contributed by atoms with van der Waals surface area (Å²) in [5, 5.41) is 16.3. The second-order valence-electron chi connectivity index (χ2n) is 6.77. The number of aromatic nitrogens is 4. The van der Waals surface area contributed by atoms with Crippen LogP contribution in [0.4, 0.5) is 11.8 Å². The zero-order chi connectivity index (χ0) is 34.6.